The van der Waals surface area contributed by atoms with E-state index in [0.717, 1.165) is 39.1 Å². The second kappa shape index (κ2) is 7.55. The molecule has 1 aliphatic rings. The van der Waals surface area contributed by atoms with Crippen LogP contribution in [0.25, 0.3) is 0 Å². The molecule has 0 N–H and O–H groups in total. The summed E-state index contributed by atoms with van der Waals surface area (Å²) in [5.41, 5.74) is 0.450. The van der Waals surface area contributed by atoms with Gasteiger partial charge >= 0.3 is 0 Å². The number of nitrogens with zero attached hydrogens (tertiary/aromatic N) is 2. The monoisotopic (exact) mass is 292 g/mol. The quantitative estimate of drug-likeness (QED) is 0.851. The average Bonchev–Trinajstić information content (AvgIpc) is 2.70. The Kier molecular flexibility index (Phi) is 5.74. The summed E-state index contributed by atoms with van der Waals surface area (Å²) in [6.07, 6.45) is 2.18. The minimum absolute atomic E-state index is 0.0554. The van der Waals surface area contributed by atoms with Crippen LogP contribution < -0.4 is 0 Å². The van der Waals surface area contributed by atoms with Crippen LogP contribution in [0, 0.1) is 11.7 Å². The van der Waals surface area contributed by atoms with Crippen molar-refractivity contribution in [3.05, 3.63) is 35.6 Å². The van der Waals surface area contributed by atoms with E-state index in [1.54, 1.807) is 12.1 Å². The van der Waals surface area contributed by atoms with Crippen LogP contribution in [0.1, 0.15) is 37.0 Å². The zero-order chi connectivity index (χ0) is 15.2. The van der Waals surface area contributed by atoms with Gasteiger partial charge in [0.1, 0.15) is 5.82 Å². The van der Waals surface area contributed by atoms with Crippen LogP contribution >= 0.6 is 0 Å². The third kappa shape index (κ3) is 4.81. The van der Waals surface area contributed by atoms with Gasteiger partial charge in [0.05, 0.1) is 0 Å². The van der Waals surface area contributed by atoms with Crippen molar-refractivity contribution >= 4 is 5.91 Å². The lowest BCUT2D eigenvalue weighted by Gasteiger charge is -2.22. The Labute approximate surface area is 126 Å². The number of amides is 1. The standard InChI is InChI=1S/C17H25FN2O/c1-14(2)7-10-19-8-4-9-20(12-11-19)17(21)15-5-3-6-16(18)13-15/h3,5-6,13-14H,4,7-12H2,1-2H3. The maximum absolute atomic E-state index is 13.2. The van der Waals surface area contributed by atoms with E-state index in [4.69, 9.17) is 0 Å². The molecule has 4 heteroatoms. The lowest BCUT2D eigenvalue weighted by molar-refractivity contribution is 0.0760. The molecule has 1 aromatic rings. The van der Waals surface area contributed by atoms with E-state index in [2.05, 4.69) is 18.7 Å². The van der Waals surface area contributed by atoms with Gasteiger partial charge in [0, 0.05) is 25.2 Å². The Morgan fingerprint density at radius 2 is 2.05 bits per heavy atom. The highest BCUT2D eigenvalue weighted by molar-refractivity contribution is 5.94. The lowest BCUT2D eigenvalue weighted by atomic mass is 10.1. The molecule has 1 fully saturated rings. The fourth-order valence-corrected chi connectivity index (χ4v) is 2.64. The summed E-state index contributed by atoms with van der Waals surface area (Å²) < 4.78 is 13.2. The zero-order valence-corrected chi connectivity index (χ0v) is 13.0. The first-order chi connectivity index (χ1) is 10.1. The Balaban J connectivity index is 1.92. The van der Waals surface area contributed by atoms with Gasteiger partial charge in [-0.15, -0.1) is 0 Å². The molecule has 0 aliphatic carbocycles. The van der Waals surface area contributed by atoms with Gasteiger partial charge in [-0.05, 0) is 50.0 Å². The Bertz CT molecular complexity index is 476. The van der Waals surface area contributed by atoms with Gasteiger partial charge in [-0.1, -0.05) is 19.9 Å². The van der Waals surface area contributed by atoms with Crippen LogP contribution in [-0.4, -0.2) is 48.4 Å². The van der Waals surface area contributed by atoms with Crippen LogP contribution in [0.15, 0.2) is 24.3 Å². The molecule has 0 unspecified atom stereocenters. The Morgan fingerprint density at radius 1 is 1.24 bits per heavy atom. The summed E-state index contributed by atoms with van der Waals surface area (Å²) in [4.78, 5) is 16.7. The van der Waals surface area contributed by atoms with E-state index in [-0.39, 0.29) is 11.7 Å². The number of rotatable bonds is 4. The van der Waals surface area contributed by atoms with Crippen LogP contribution in [0.3, 0.4) is 0 Å². The second-order valence-corrected chi connectivity index (χ2v) is 6.18. The van der Waals surface area contributed by atoms with E-state index in [9.17, 15) is 9.18 Å². The van der Waals surface area contributed by atoms with Crippen LogP contribution in [0.2, 0.25) is 0 Å². The van der Waals surface area contributed by atoms with Gasteiger partial charge in [-0.2, -0.15) is 0 Å². The molecule has 0 saturated carbocycles. The SMILES string of the molecule is CC(C)CCN1CCCN(C(=O)c2cccc(F)c2)CC1. The van der Waals surface area contributed by atoms with Crippen LogP contribution in [0.5, 0.6) is 0 Å². The molecular formula is C17H25FN2O. The molecule has 0 aromatic heterocycles. The number of benzene rings is 1. The van der Waals surface area contributed by atoms with Crippen LogP contribution in [-0.2, 0) is 0 Å². The molecule has 3 nitrogen and oxygen atoms in total. The largest absolute Gasteiger partial charge is 0.337 e. The molecule has 0 radical (unpaired) electrons. The lowest BCUT2D eigenvalue weighted by Crippen LogP contribution is -2.35. The minimum Gasteiger partial charge on any atom is -0.337 e. The highest BCUT2D eigenvalue weighted by Gasteiger charge is 2.20. The normalized spacial score (nSPS) is 17.0. The molecule has 0 atom stereocenters. The number of hydrogen-bond donors (Lipinski definition) is 0. The summed E-state index contributed by atoms with van der Waals surface area (Å²) >= 11 is 0. The smallest absolute Gasteiger partial charge is 0.254 e. The first-order valence-electron chi connectivity index (χ1n) is 7.83. The average molecular weight is 292 g/mol. The predicted molar refractivity (Wildman–Crippen MR) is 82.8 cm³/mol. The summed E-state index contributed by atoms with van der Waals surface area (Å²) in [7, 11) is 0. The molecule has 2 rings (SSSR count). The van der Waals surface area contributed by atoms with Crippen molar-refractivity contribution in [3.8, 4) is 0 Å². The predicted octanol–water partition coefficient (Wildman–Crippen LogP) is 3.02. The first-order valence-corrected chi connectivity index (χ1v) is 7.83. The first kappa shape index (κ1) is 16.0. The van der Waals surface area contributed by atoms with Gasteiger partial charge < -0.3 is 9.80 Å². The Hall–Kier alpha value is -1.42. The molecule has 1 aromatic carbocycles. The number of carbonyl (C=O) groups excluding carboxylic acids is 1. The van der Waals surface area contributed by atoms with Crippen molar-refractivity contribution in [3.63, 3.8) is 0 Å². The van der Waals surface area contributed by atoms with Crippen molar-refractivity contribution in [2.75, 3.05) is 32.7 Å². The topological polar surface area (TPSA) is 23.6 Å². The molecular weight excluding hydrogens is 267 g/mol. The van der Waals surface area contributed by atoms with Gasteiger partial charge in [0.25, 0.3) is 5.91 Å². The van der Waals surface area contributed by atoms with Gasteiger partial charge in [-0.3, -0.25) is 4.79 Å². The molecule has 1 aliphatic heterocycles. The second-order valence-electron chi connectivity index (χ2n) is 6.18. The third-order valence-electron chi connectivity index (χ3n) is 3.97. The number of hydrogen-bond acceptors (Lipinski definition) is 2. The van der Waals surface area contributed by atoms with E-state index < -0.39 is 0 Å². The highest BCUT2D eigenvalue weighted by Crippen LogP contribution is 2.12. The molecule has 1 heterocycles. The zero-order valence-electron chi connectivity index (χ0n) is 13.0. The molecule has 116 valence electrons. The maximum atomic E-state index is 13.2. The van der Waals surface area contributed by atoms with Crippen molar-refractivity contribution < 1.29 is 9.18 Å². The number of carbonyl (C=O) groups is 1. The maximum Gasteiger partial charge on any atom is 0.254 e. The molecule has 0 spiro atoms. The summed E-state index contributed by atoms with van der Waals surface area (Å²) in [5, 5.41) is 0. The third-order valence-corrected chi connectivity index (χ3v) is 3.97. The van der Waals surface area contributed by atoms with Crippen molar-refractivity contribution in [1.29, 1.82) is 0 Å². The molecule has 0 bridgehead atoms. The van der Waals surface area contributed by atoms with E-state index in [0.29, 0.717) is 11.5 Å². The summed E-state index contributed by atoms with van der Waals surface area (Å²) in [6.45, 7) is 9.00. The van der Waals surface area contributed by atoms with Crippen molar-refractivity contribution in [2.24, 2.45) is 5.92 Å². The molecule has 21 heavy (non-hydrogen) atoms. The molecule has 1 amide bonds. The van der Waals surface area contributed by atoms with E-state index in [1.807, 2.05) is 4.90 Å². The van der Waals surface area contributed by atoms with Crippen molar-refractivity contribution in [2.45, 2.75) is 26.7 Å². The highest BCUT2D eigenvalue weighted by atomic mass is 19.1. The fraction of sp³-hybridized carbons (Fsp3) is 0.588. The Morgan fingerprint density at radius 3 is 2.76 bits per heavy atom. The number of halogens is 1. The van der Waals surface area contributed by atoms with Crippen molar-refractivity contribution in [1.82, 2.24) is 9.80 Å². The summed E-state index contributed by atoms with van der Waals surface area (Å²) in [6, 6.07) is 5.97. The van der Waals surface area contributed by atoms with Crippen LogP contribution in [0.4, 0.5) is 4.39 Å². The van der Waals surface area contributed by atoms with Gasteiger partial charge in [-0.25, -0.2) is 4.39 Å². The minimum atomic E-state index is -0.353. The summed E-state index contributed by atoms with van der Waals surface area (Å²) in [5.74, 6) is 0.299. The molecule has 1 saturated heterocycles. The van der Waals surface area contributed by atoms with E-state index in [1.165, 1.54) is 18.6 Å². The fourth-order valence-electron chi connectivity index (χ4n) is 2.64. The van der Waals surface area contributed by atoms with E-state index >= 15 is 0 Å². The van der Waals surface area contributed by atoms with Gasteiger partial charge in [0.15, 0.2) is 0 Å². The van der Waals surface area contributed by atoms with Gasteiger partial charge in [0.2, 0.25) is 0 Å².